The second kappa shape index (κ2) is 11.4. The van der Waals surface area contributed by atoms with E-state index in [9.17, 15) is 9.59 Å². The fourth-order valence-corrected chi connectivity index (χ4v) is 2.72. The first-order chi connectivity index (χ1) is 10.6. The van der Waals surface area contributed by atoms with Gasteiger partial charge in [-0.15, -0.1) is 4.52 Å². The Bertz CT molecular complexity index is 410. The third-order valence-corrected chi connectivity index (χ3v) is 4.17. The van der Waals surface area contributed by atoms with Gasteiger partial charge in [-0.2, -0.15) is 5.11 Å². The molecule has 0 N–H and O–H groups in total. The minimum absolute atomic E-state index is 0.0901. The smallest absolute Gasteiger partial charge is 0.333 e. The maximum atomic E-state index is 11.3. The summed E-state index contributed by atoms with van der Waals surface area (Å²) in [5.74, 6) is -0.293. The zero-order chi connectivity index (χ0) is 16.2. The summed E-state index contributed by atoms with van der Waals surface area (Å²) in [7, 11) is 0. The number of hydrogen-bond acceptors (Lipinski definition) is 6. The highest BCUT2D eigenvalue weighted by Gasteiger charge is 2.22. The molecule has 1 aliphatic rings. The highest BCUT2D eigenvalue weighted by molar-refractivity contribution is 8.12. The lowest BCUT2D eigenvalue weighted by Gasteiger charge is -2.05. The average molecular weight is 326 g/mol. The third kappa shape index (κ3) is 8.32. The minimum atomic E-state index is -0.293. The Morgan fingerprint density at radius 1 is 1.14 bits per heavy atom. The van der Waals surface area contributed by atoms with Crippen molar-refractivity contribution in [2.24, 2.45) is 9.63 Å². The van der Waals surface area contributed by atoms with E-state index in [1.54, 1.807) is 6.92 Å². The first kappa shape index (κ1) is 18.9. The molecule has 22 heavy (non-hydrogen) atoms. The third-order valence-electron chi connectivity index (χ3n) is 3.54. The predicted octanol–water partition coefficient (Wildman–Crippen LogP) is 4.63. The van der Waals surface area contributed by atoms with Crippen LogP contribution in [0.3, 0.4) is 0 Å². The molecule has 1 rings (SSSR count). The second-order valence-corrected chi connectivity index (χ2v) is 6.40. The molecule has 0 amide bonds. The Kier molecular flexibility index (Phi) is 9.79. The van der Waals surface area contributed by atoms with Gasteiger partial charge in [-0.3, -0.25) is 4.79 Å². The van der Waals surface area contributed by atoms with Gasteiger partial charge >= 0.3 is 5.97 Å². The van der Waals surface area contributed by atoms with Gasteiger partial charge in [0.1, 0.15) is 6.04 Å². The molecule has 0 aromatic carbocycles. The summed E-state index contributed by atoms with van der Waals surface area (Å²) in [6.07, 6.45) is 9.87. The van der Waals surface area contributed by atoms with E-state index < -0.39 is 0 Å². The topological polar surface area (TPSA) is 68.1 Å². The SMILES string of the molecule is C=C(C)C(=O)OCCCCCCCCCCC1N=NSC1=O. The van der Waals surface area contributed by atoms with Crippen molar-refractivity contribution in [2.45, 2.75) is 70.8 Å². The summed E-state index contributed by atoms with van der Waals surface area (Å²) < 4.78 is 8.72. The van der Waals surface area contributed by atoms with Crippen molar-refractivity contribution >= 4 is 23.0 Å². The maximum Gasteiger partial charge on any atom is 0.333 e. The zero-order valence-corrected chi connectivity index (χ0v) is 14.2. The standard InChI is InChI=1S/C16H26N2O3S/c1-13(2)15(19)21-12-10-8-6-4-3-5-7-9-11-14-16(20)22-18-17-14/h14H,1,3-12H2,2H3. The van der Waals surface area contributed by atoms with Gasteiger partial charge in [-0.1, -0.05) is 51.5 Å². The van der Waals surface area contributed by atoms with Crippen LogP contribution in [0.4, 0.5) is 0 Å². The van der Waals surface area contributed by atoms with Crippen LogP contribution in [-0.2, 0) is 14.3 Å². The van der Waals surface area contributed by atoms with Gasteiger partial charge in [0.15, 0.2) is 0 Å². The number of carbonyl (C=O) groups is 2. The molecule has 0 aliphatic carbocycles. The van der Waals surface area contributed by atoms with Crippen LogP contribution in [0, 0.1) is 0 Å². The fourth-order valence-electron chi connectivity index (χ4n) is 2.19. The monoisotopic (exact) mass is 326 g/mol. The largest absolute Gasteiger partial charge is 0.462 e. The number of hydrogen-bond donors (Lipinski definition) is 0. The van der Waals surface area contributed by atoms with Crippen LogP contribution >= 0.6 is 11.9 Å². The molecule has 124 valence electrons. The number of rotatable bonds is 12. The molecule has 1 heterocycles. The lowest BCUT2D eigenvalue weighted by atomic mass is 10.1. The molecular formula is C16H26N2O3S. The molecule has 0 saturated carbocycles. The van der Waals surface area contributed by atoms with Gasteiger partial charge < -0.3 is 4.74 Å². The number of nitrogens with zero attached hydrogens (tertiary/aromatic N) is 2. The number of carbonyl (C=O) groups excluding carboxylic acids is 2. The molecule has 0 aromatic heterocycles. The molecular weight excluding hydrogens is 300 g/mol. The first-order valence-electron chi connectivity index (χ1n) is 8.05. The Balaban J connectivity index is 1.80. The van der Waals surface area contributed by atoms with Crippen LogP contribution in [0.25, 0.3) is 0 Å². The summed E-state index contributed by atoms with van der Waals surface area (Å²) in [5.41, 5.74) is 0.458. The van der Waals surface area contributed by atoms with Crippen molar-refractivity contribution < 1.29 is 14.3 Å². The Morgan fingerprint density at radius 2 is 1.73 bits per heavy atom. The molecule has 0 saturated heterocycles. The quantitative estimate of drug-likeness (QED) is 0.227. The van der Waals surface area contributed by atoms with E-state index in [4.69, 9.17) is 4.74 Å². The Morgan fingerprint density at radius 3 is 2.27 bits per heavy atom. The average Bonchev–Trinajstić information content (AvgIpc) is 2.89. The predicted molar refractivity (Wildman–Crippen MR) is 88.6 cm³/mol. The molecule has 1 unspecified atom stereocenters. The number of esters is 1. The van der Waals surface area contributed by atoms with Crippen molar-refractivity contribution in [3.63, 3.8) is 0 Å². The molecule has 0 bridgehead atoms. The first-order valence-corrected chi connectivity index (χ1v) is 8.82. The Labute approximate surface area is 137 Å². The van der Waals surface area contributed by atoms with E-state index in [1.165, 1.54) is 25.7 Å². The molecule has 0 aromatic rings. The normalized spacial score (nSPS) is 17.0. The van der Waals surface area contributed by atoms with Crippen molar-refractivity contribution in [3.05, 3.63) is 12.2 Å². The van der Waals surface area contributed by atoms with E-state index in [-0.39, 0.29) is 17.1 Å². The summed E-state index contributed by atoms with van der Waals surface area (Å²) in [4.78, 5) is 22.4. The Hall–Kier alpha value is -1.17. The van der Waals surface area contributed by atoms with Gasteiger partial charge in [0, 0.05) is 5.57 Å². The van der Waals surface area contributed by atoms with Crippen LogP contribution in [0.1, 0.15) is 64.7 Å². The molecule has 6 heteroatoms. The van der Waals surface area contributed by atoms with Crippen LogP contribution in [0.15, 0.2) is 21.8 Å². The molecule has 1 atom stereocenters. The van der Waals surface area contributed by atoms with Crippen LogP contribution in [0.5, 0.6) is 0 Å². The lowest BCUT2D eigenvalue weighted by Crippen LogP contribution is -2.09. The zero-order valence-electron chi connectivity index (χ0n) is 13.4. The summed E-state index contributed by atoms with van der Waals surface area (Å²) >= 11 is 0.973. The van der Waals surface area contributed by atoms with Crippen molar-refractivity contribution in [1.82, 2.24) is 0 Å². The van der Waals surface area contributed by atoms with E-state index in [0.717, 1.165) is 44.1 Å². The minimum Gasteiger partial charge on any atom is -0.462 e. The van der Waals surface area contributed by atoms with Gasteiger partial charge in [0.25, 0.3) is 0 Å². The molecule has 0 spiro atoms. The van der Waals surface area contributed by atoms with E-state index in [0.29, 0.717) is 12.2 Å². The van der Waals surface area contributed by atoms with Crippen LogP contribution < -0.4 is 0 Å². The van der Waals surface area contributed by atoms with Gasteiger partial charge in [-0.25, -0.2) is 4.79 Å². The fraction of sp³-hybridized carbons (Fsp3) is 0.750. The molecule has 5 nitrogen and oxygen atoms in total. The highest BCUT2D eigenvalue weighted by atomic mass is 32.2. The van der Waals surface area contributed by atoms with Gasteiger partial charge in [-0.05, 0) is 19.8 Å². The van der Waals surface area contributed by atoms with E-state index in [2.05, 4.69) is 16.2 Å². The van der Waals surface area contributed by atoms with Crippen molar-refractivity contribution in [2.75, 3.05) is 6.61 Å². The molecule has 0 fully saturated rings. The maximum absolute atomic E-state index is 11.3. The second-order valence-electron chi connectivity index (χ2n) is 5.66. The van der Waals surface area contributed by atoms with Crippen molar-refractivity contribution in [3.8, 4) is 0 Å². The van der Waals surface area contributed by atoms with Crippen LogP contribution in [0.2, 0.25) is 0 Å². The van der Waals surface area contributed by atoms with E-state index in [1.807, 2.05) is 0 Å². The molecule has 0 radical (unpaired) electrons. The van der Waals surface area contributed by atoms with Crippen LogP contribution in [-0.4, -0.2) is 23.7 Å². The highest BCUT2D eigenvalue weighted by Crippen LogP contribution is 2.23. The number of unbranched alkanes of at least 4 members (excludes halogenated alkanes) is 7. The lowest BCUT2D eigenvalue weighted by molar-refractivity contribution is -0.139. The molecule has 1 aliphatic heterocycles. The summed E-state index contributed by atoms with van der Waals surface area (Å²) in [6, 6.07) is -0.188. The van der Waals surface area contributed by atoms with Gasteiger partial charge in [0.2, 0.25) is 5.12 Å². The number of ether oxygens (including phenoxy) is 1. The summed E-state index contributed by atoms with van der Waals surface area (Å²) in [5, 5.41) is 4.00. The van der Waals surface area contributed by atoms with Gasteiger partial charge in [0.05, 0.1) is 18.6 Å². The van der Waals surface area contributed by atoms with E-state index >= 15 is 0 Å². The van der Waals surface area contributed by atoms with Crippen molar-refractivity contribution in [1.29, 1.82) is 0 Å². The summed E-state index contributed by atoms with van der Waals surface area (Å²) in [6.45, 7) is 5.70.